The van der Waals surface area contributed by atoms with Crippen molar-refractivity contribution in [3.8, 4) is 0 Å². The van der Waals surface area contributed by atoms with Gasteiger partial charge in [0.1, 0.15) is 0 Å². The summed E-state index contributed by atoms with van der Waals surface area (Å²) in [6.45, 7) is 1.85. The Kier molecular flexibility index (Phi) is 5.06. The molecule has 0 heterocycles. The van der Waals surface area contributed by atoms with Crippen molar-refractivity contribution < 1.29 is 13.3 Å². The van der Waals surface area contributed by atoms with E-state index in [0.29, 0.717) is 6.42 Å². The second kappa shape index (κ2) is 4.79. The fraction of sp³-hybridized carbons (Fsp3) is 1.00. The topological polar surface area (TPSA) is 27.7 Å². The third-order valence-corrected chi connectivity index (χ3v) is 6.48. The van der Waals surface area contributed by atoms with Crippen molar-refractivity contribution in [2.75, 3.05) is 21.3 Å². The number of halogens is 2. The Balaban J connectivity index is 4.69. The van der Waals surface area contributed by atoms with Gasteiger partial charge < -0.3 is 13.3 Å². The number of rotatable bonds is 5. The monoisotopic (exact) mass is 232 g/mol. The first-order valence-corrected chi connectivity index (χ1v) is 6.01. The van der Waals surface area contributed by atoms with E-state index in [2.05, 4.69) is 0 Å². The second-order valence-electron chi connectivity index (χ2n) is 2.23. The molecule has 0 unspecified atom stereocenters. The number of hydrogen-bond acceptors (Lipinski definition) is 3. The van der Waals surface area contributed by atoms with Gasteiger partial charge in [0.25, 0.3) is 0 Å². The molecule has 0 spiro atoms. The zero-order chi connectivity index (χ0) is 9.83. The molecule has 0 aliphatic rings. The quantitative estimate of drug-likeness (QED) is 0.537. The summed E-state index contributed by atoms with van der Waals surface area (Å²) in [6.07, 6.45) is 0.512. The third-order valence-electron chi connectivity index (χ3n) is 1.70. The summed E-state index contributed by atoms with van der Waals surface area (Å²) in [6, 6.07) is 0. The van der Waals surface area contributed by atoms with Crippen LogP contribution in [0.4, 0.5) is 0 Å². The van der Waals surface area contributed by atoms with Crippen molar-refractivity contribution in [2.24, 2.45) is 0 Å². The first-order valence-electron chi connectivity index (χ1n) is 3.53. The standard InChI is InChI=1S/C6H14Cl2O3Si/c1-5-6(7,8)12(9-2,10-3)11-4/h5H2,1-4H3. The van der Waals surface area contributed by atoms with Crippen molar-refractivity contribution in [3.05, 3.63) is 0 Å². The van der Waals surface area contributed by atoms with Gasteiger partial charge in [-0.05, 0) is 6.42 Å². The minimum Gasteiger partial charge on any atom is -0.375 e. The van der Waals surface area contributed by atoms with Gasteiger partial charge >= 0.3 is 8.80 Å². The van der Waals surface area contributed by atoms with E-state index in [1.807, 2.05) is 6.92 Å². The van der Waals surface area contributed by atoms with E-state index < -0.39 is 12.8 Å². The Hall–Kier alpha value is 0.677. The van der Waals surface area contributed by atoms with Crippen LogP contribution in [-0.4, -0.2) is 34.1 Å². The van der Waals surface area contributed by atoms with E-state index in [1.54, 1.807) is 0 Å². The van der Waals surface area contributed by atoms with Crippen LogP contribution in [0.1, 0.15) is 13.3 Å². The molecule has 0 aromatic rings. The van der Waals surface area contributed by atoms with Crippen LogP contribution >= 0.6 is 23.2 Å². The smallest absolute Gasteiger partial charge is 0.375 e. The summed E-state index contributed by atoms with van der Waals surface area (Å²) >= 11 is 12.0. The molecule has 0 N–H and O–H groups in total. The van der Waals surface area contributed by atoms with E-state index >= 15 is 0 Å². The average Bonchev–Trinajstić information content (AvgIpc) is 2.08. The van der Waals surface area contributed by atoms with Crippen molar-refractivity contribution >= 4 is 32.0 Å². The van der Waals surface area contributed by atoms with Gasteiger partial charge in [0.05, 0.1) is 0 Å². The molecule has 0 fully saturated rings. The lowest BCUT2D eigenvalue weighted by atomic mass is 10.6. The third kappa shape index (κ3) is 2.13. The van der Waals surface area contributed by atoms with E-state index in [0.717, 1.165) is 0 Å². The maximum atomic E-state index is 6.00. The molecule has 0 aliphatic carbocycles. The largest absolute Gasteiger partial charge is 0.538 e. The molecule has 0 aromatic heterocycles. The molecule has 0 saturated heterocycles. The van der Waals surface area contributed by atoms with Crippen molar-refractivity contribution in [1.29, 1.82) is 0 Å². The molecule has 0 atom stereocenters. The lowest BCUT2D eigenvalue weighted by Crippen LogP contribution is -2.57. The molecule has 74 valence electrons. The predicted molar refractivity (Wildman–Crippen MR) is 51.5 cm³/mol. The first-order chi connectivity index (χ1) is 5.49. The summed E-state index contributed by atoms with van der Waals surface area (Å²) in [5.74, 6) is 0. The highest BCUT2D eigenvalue weighted by molar-refractivity contribution is 6.84. The van der Waals surface area contributed by atoms with Crippen molar-refractivity contribution in [3.63, 3.8) is 0 Å². The van der Waals surface area contributed by atoms with Gasteiger partial charge in [-0.3, -0.25) is 0 Å². The van der Waals surface area contributed by atoms with Gasteiger partial charge in [-0.2, -0.15) is 0 Å². The van der Waals surface area contributed by atoms with Crippen LogP contribution < -0.4 is 0 Å². The molecule has 12 heavy (non-hydrogen) atoms. The summed E-state index contributed by atoms with van der Waals surface area (Å²) in [4.78, 5) is 0. The van der Waals surface area contributed by atoms with E-state index in [1.165, 1.54) is 21.3 Å². The highest BCUT2D eigenvalue weighted by Crippen LogP contribution is 2.36. The van der Waals surface area contributed by atoms with Crippen LogP contribution in [0.5, 0.6) is 0 Å². The minimum absolute atomic E-state index is 0.512. The van der Waals surface area contributed by atoms with Gasteiger partial charge in [0, 0.05) is 21.3 Å². The van der Waals surface area contributed by atoms with E-state index in [-0.39, 0.29) is 0 Å². The molecule has 0 amide bonds. The Morgan fingerprint density at radius 2 is 1.42 bits per heavy atom. The molecule has 0 bridgehead atoms. The van der Waals surface area contributed by atoms with E-state index in [4.69, 9.17) is 36.5 Å². The lowest BCUT2D eigenvalue weighted by molar-refractivity contribution is 0.116. The zero-order valence-electron chi connectivity index (χ0n) is 7.69. The van der Waals surface area contributed by atoms with Crippen LogP contribution in [0.15, 0.2) is 0 Å². The number of hydrogen-bond donors (Lipinski definition) is 0. The summed E-state index contributed by atoms with van der Waals surface area (Å²) in [7, 11) is 1.53. The zero-order valence-corrected chi connectivity index (χ0v) is 10.2. The van der Waals surface area contributed by atoms with Crippen molar-refractivity contribution in [2.45, 2.75) is 17.3 Å². The molecular formula is C6H14Cl2O3Si. The molecular weight excluding hydrogens is 219 g/mol. The summed E-state index contributed by atoms with van der Waals surface area (Å²) in [5.41, 5.74) is 0. The first kappa shape index (κ1) is 12.7. The lowest BCUT2D eigenvalue weighted by Gasteiger charge is -2.33. The van der Waals surface area contributed by atoms with Crippen LogP contribution in [0, 0.1) is 0 Å². The predicted octanol–water partition coefficient (Wildman–Crippen LogP) is 1.99. The van der Waals surface area contributed by atoms with Crippen LogP contribution in [0.3, 0.4) is 0 Å². The Labute approximate surface area is 84.3 Å². The van der Waals surface area contributed by atoms with Crippen LogP contribution in [0.25, 0.3) is 0 Å². The second-order valence-corrected chi connectivity index (χ2v) is 7.54. The fourth-order valence-electron chi connectivity index (χ4n) is 0.914. The van der Waals surface area contributed by atoms with Crippen LogP contribution in [0.2, 0.25) is 0 Å². The average molecular weight is 233 g/mol. The van der Waals surface area contributed by atoms with Gasteiger partial charge in [0.2, 0.25) is 0 Å². The molecule has 6 heteroatoms. The maximum Gasteiger partial charge on any atom is 0.538 e. The molecule has 0 rings (SSSR count). The SMILES string of the molecule is CCC(Cl)(Cl)[Si](OC)(OC)OC. The van der Waals surface area contributed by atoms with E-state index in [9.17, 15) is 0 Å². The Morgan fingerprint density at radius 3 is 1.50 bits per heavy atom. The van der Waals surface area contributed by atoms with Crippen molar-refractivity contribution in [1.82, 2.24) is 0 Å². The minimum atomic E-state index is -2.91. The normalized spacial score (nSPS) is 13.5. The highest BCUT2D eigenvalue weighted by atomic mass is 35.5. The fourth-order valence-corrected chi connectivity index (χ4v) is 4.13. The van der Waals surface area contributed by atoms with Gasteiger partial charge in [-0.1, -0.05) is 30.1 Å². The summed E-state index contributed by atoms with van der Waals surface area (Å²) < 4.78 is 14.3. The Morgan fingerprint density at radius 1 is 1.08 bits per heavy atom. The van der Waals surface area contributed by atoms with Gasteiger partial charge in [0.15, 0.2) is 3.96 Å². The molecule has 0 radical (unpaired) electrons. The Bertz CT molecular complexity index is 130. The molecule has 0 aliphatic heterocycles. The highest BCUT2D eigenvalue weighted by Gasteiger charge is 2.57. The molecule has 0 saturated carbocycles. The van der Waals surface area contributed by atoms with Gasteiger partial charge in [-0.15, -0.1) is 0 Å². The molecule has 0 aromatic carbocycles. The number of alkyl halides is 2. The molecule has 3 nitrogen and oxygen atoms in total. The summed E-state index contributed by atoms with van der Waals surface area (Å²) in [5, 5.41) is 0. The van der Waals surface area contributed by atoms with Crippen LogP contribution in [-0.2, 0) is 13.3 Å². The maximum absolute atomic E-state index is 6.00. The van der Waals surface area contributed by atoms with Gasteiger partial charge in [-0.25, -0.2) is 0 Å².